The summed E-state index contributed by atoms with van der Waals surface area (Å²) >= 11 is 9.51. The average Bonchev–Trinajstić information content (AvgIpc) is 3.32. The van der Waals surface area contributed by atoms with Gasteiger partial charge in [0.1, 0.15) is 11.9 Å². The Kier molecular flexibility index (Phi) is 6.03. The van der Waals surface area contributed by atoms with Crippen LogP contribution in [0.25, 0.3) is 11.3 Å². The smallest absolute Gasteiger partial charge is 0.226 e. The van der Waals surface area contributed by atoms with Crippen LogP contribution in [0.2, 0.25) is 5.02 Å². The molecular formula is C20H19ClN4O2S2. The summed E-state index contributed by atoms with van der Waals surface area (Å²) in [5, 5.41) is 7.07. The topological polar surface area (TPSA) is 77.0 Å². The molecule has 0 radical (unpaired) electrons. The van der Waals surface area contributed by atoms with E-state index in [-0.39, 0.29) is 18.4 Å². The summed E-state index contributed by atoms with van der Waals surface area (Å²) in [6.45, 7) is 2.35. The molecular weight excluding hydrogens is 428 g/mol. The normalized spacial score (nSPS) is 15.1. The molecule has 0 spiro atoms. The summed E-state index contributed by atoms with van der Waals surface area (Å²) < 4.78 is 5.98. The molecule has 1 atom stereocenters. The summed E-state index contributed by atoms with van der Waals surface area (Å²) in [6.07, 6.45) is 4.50. The molecule has 29 heavy (non-hydrogen) atoms. The Bertz CT molecular complexity index is 1060. The number of aryl methyl sites for hydroxylation is 1. The van der Waals surface area contributed by atoms with Crippen LogP contribution in [0.1, 0.15) is 16.3 Å². The van der Waals surface area contributed by atoms with Gasteiger partial charge >= 0.3 is 0 Å². The zero-order valence-corrected chi connectivity index (χ0v) is 18.3. The number of nitrogens with zero attached hydrogens (tertiary/aromatic N) is 3. The number of fused-ring (bicyclic) bond motifs is 1. The molecule has 1 aromatic carbocycles. The van der Waals surface area contributed by atoms with Crippen molar-refractivity contribution in [2.45, 2.75) is 31.0 Å². The molecule has 9 heteroatoms. The van der Waals surface area contributed by atoms with Crippen molar-refractivity contribution >= 4 is 40.6 Å². The number of amides is 1. The van der Waals surface area contributed by atoms with Crippen molar-refractivity contribution in [3.05, 3.63) is 51.1 Å². The third-order valence-corrected chi connectivity index (χ3v) is 6.16. The molecule has 4 rings (SSSR count). The number of nitrogens with one attached hydrogen (secondary N) is 1. The number of carbonyl (C=O) groups excluding carboxylic acids is 1. The Balaban J connectivity index is 1.41. The fraction of sp³-hybridized carbons (Fsp3) is 0.300. The summed E-state index contributed by atoms with van der Waals surface area (Å²) in [5.41, 5.74) is 3.57. The number of aromatic nitrogens is 3. The maximum Gasteiger partial charge on any atom is 0.226 e. The average molecular weight is 447 g/mol. The van der Waals surface area contributed by atoms with Gasteiger partial charge in [-0.3, -0.25) is 4.79 Å². The van der Waals surface area contributed by atoms with E-state index in [0.29, 0.717) is 28.9 Å². The Morgan fingerprint density at radius 3 is 3.03 bits per heavy atom. The van der Waals surface area contributed by atoms with Crippen LogP contribution < -0.4 is 10.1 Å². The van der Waals surface area contributed by atoms with Crippen LogP contribution in [-0.4, -0.2) is 39.8 Å². The van der Waals surface area contributed by atoms with Gasteiger partial charge < -0.3 is 10.1 Å². The summed E-state index contributed by atoms with van der Waals surface area (Å²) in [4.78, 5) is 25.2. The van der Waals surface area contributed by atoms with Crippen LogP contribution >= 0.6 is 34.7 Å². The molecule has 1 aliphatic rings. The van der Waals surface area contributed by atoms with Crippen LogP contribution in [0, 0.1) is 6.92 Å². The monoisotopic (exact) mass is 446 g/mol. The number of thiazole rings is 1. The summed E-state index contributed by atoms with van der Waals surface area (Å²) in [5.74, 6) is 0.621. The third kappa shape index (κ3) is 4.71. The second kappa shape index (κ2) is 8.69. The Morgan fingerprint density at radius 1 is 1.41 bits per heavy atom. The van der Waals surface area contributed by atoms with Gasteiger partial charge in [-0.1, -0.05) is 23.4 Å². The van der Waals surface area contributed by atoms with E-state index in [9.17, 15) is 4.79 Å². The largest absolute Gasteiger partial charge is 0.486 e. The molecule has 0 unspecified atom stereocenters. The molecule has 3 heterocycles. The molecule has 1 amide bonds. The maximum absolute atomic E-state index is 12.2. The fourth-order valence-corrected chi connectivity index (χ4v) is 4.45. The second-order valence-electron chi connectivity index (χ2n) is 6.66. The number of ether oxygens (including phenoxy) is 1. The van der Waals surface area contributed by atoms with Gasteiger partial charge in [0.25, 0.3) is 0 Å². The van der Waals surface area contributed by atoms with E-state index in [4.69, 9.17) is 16.3 Å². The van der Waals surface area contributed by atoms with Crippen molar-refractivity contribution in [3.63, 3.8) is 0 Å². The first kappa shape index (κ1) is 20.1. The van der Waals surface area contributed by atoms with Gasteiger partial charge in [-0.15, -0.1) is 11.3 Å². The molecule has 0 bridgehead atoms. The molecule has 1 N–H and O–H groups in total. The van der Waals surface area contributed by atoms with E-state index in [0.717, 1.165) is 27.5 Å². The maximum atomic E-state index is 12.2. The lowest BCUT2D eigenvalue weighted by Crippen LogP contribution is -2.35. The highest BCUT2D eigenvalue weighted by molar-refractivity contribution is 7.98. The highest BCUT2D eigenvalue weighted by atomic mass is 35.5. The Hall–Kier alpha value is -2.16. The van der Waals surface area contributed by atoms with Gasteiger partial charge in [0.2, 0.25) is 5.91 Å². The van der Waals surface area contributed by atoms with E-state index in [1.165, 1.54) is 11.8 Å². The first-order valence-electron chi connectivity index (χ1n) is 9.06. The molecule has 0 saturated carbocycles. The standard InChI is InChI=1S/C20H19ClN4O2S2/c1-11-24-14(10-29-11)8-18(26)23-9-15-6-13-5-12(7-16(21)19(13)27-15)17-3-4-22-20(25-17)28-2/h3-5,7,10,15H,6,8-9H2,1-2H3,(H,23,26)/t15-/m1/s1. The van der Waals surface area contributed by atoms with E-state index >= 15 is 0 Å². The second-order valence-corrected chi connectivity index (χ2v) is 8.90. The van der Waals surface area contributed by atoms with Gasteiger partial charge in [0.05, 0.1) is 34.4 Å². The zero-order chi connectivity index (χ0) is 20.4. The zero-order valence-electron chi connectivity index (χ0n) is 15.9. The van der Waals surface area contributed by atoms with Crippen LogP contribution in [0.3, 0.4) is 0 Å². The first-order valence-corrected chi connectivity index (χ1v) is 11.5. The predicted octanol–water partition coefficient (Wildman–Crippen LogP) is 3.95. The molecule has 6 nitrogen and oxygen atoms in total. The van der Waals surface area contributed by atoms with Gasteiger partial charge in [0.15, 0.2) is 5.16 Å². The van der Waals surface area contributed by atoms with Crippen molar-refractivity contribution in [2.24, 2.45) is 0 Å². The Morgan fingerprint density at radius 2 is 2.28 bits per heavy atom. The van der Waals surface area contributed by atoms with E-state index in [1.54, 1.807) is 17.5 Å². The summed E-state index contributed by atoms with van der Waals surface area (Å²) in [7, 11) is 0. The van der Waals surface area contributed by atoms with Crippen molar-refractivity contribution < 1.29 is 9.53 Å². The van der Waals surface area contributed by atoms with Crippen LogP contribution in [0.5, 0.6) is 5.75 Å². The molecule has 0 fully saturated rings. The van der Waals surface area contributed by atoms with Gasteiger partial charge in [0, 0.05) is 29.1 Å². The number of thioether (sulfide) groups is 1. The van der Waals surface area contributed by atoms with Gasteiger partial charge in [-0.25, -0.2) is 15.0 Å². The number of hydrogen-bond donors (Lipinski definition) is 1. The quantitative estimate of drug-likeness (QED) is 0.456. The lowest BCUT2D eigenvalue weighted by Gasteiger charge is -2.12. The molecule has 0 aliphatic carbocycles. The SMILES string of the molecule is CSc1nccc(-c2cc(Cl)c3c(c2)C[C@H](CNC(=O)Cc2csc(C)n2)O3)n1. The lowest BCUT2D eigenvalue weighted by atomic mass is 10.0. The molecule has 150 valence electrons. The number of halogens is 1. The van der Waals surface area contributed by atoms with E-state index in [2.05, 4.69) is 20.3 Å². The minimum absolute atomic E-state index is 0.0628. The Labute approximate surface area is 182 Å². The van der Waals surface area contributed by atoms with E-state index < -0.39 is 0 Å². The minimum Gasteiger partial charge on any atom is -0.486 e. The van der Waals surface area contributed by atoms with Crippen LogP contribution in [0.4, 0.5) is 0 Å². The molecule has 2 aromatic heterocycles. The minimum atomic E-state index is -0.147. The fourth-order valence-electron chi connectivity index (χ4n) is 3.19. The van der Waals surface area contributed by atoms with Crippen LogP contribution in [-0.2, 0) is 17.6 Å². The number of carbonyl (C=O) groups is 1. The van der Waals surface area contributed by atoms with Gasteiger partial charge in [-0.05, 0) is 31.4 Å². The van der Waals surface area contributed by atoms with Crippen molar-refractivity contribution in [2.75, 3.05) is 12.8 Å². The third-order valence-electron chi connectivity index (χ3n) is 4.50. The first-order chi connectivity index (χ1) is 14.0. The summed E-state index contributed by atoms with van der Waals surface area (Å²) in [6, 6.07) is 5.78. The van der Waals surface area contributed by atoms with E-state index in [1.807, 2.05) is 36.8 Å². The number of benzene rings is 1. The predicted molar refractivity (Wildman–Crippen MR) is 116 cm³/mol. The molecule has 3 aromatic rings. The van der Waals surface area contributed by atoms with Crippen molar-refractivity contribution in [1.29, 1.82) is 0 Å². The van der Waals surface area contributed by atoms with Crippen molar-refractivity contribution in [3.8, 4) is 17.0 Å². The number of hydrogen-bond acceptors (Lipinski definition) is 7. The van der Waals surface area contributed by atoms with Gasteiger partial charge in [-0.2, -0.15) is 0 Å². The molecule has 0 saturated heterocycles. The lowest BCUT2D eigenvalue weighted by molar-refractivity contribution is -0.120. The highest BCUT2D eigenvalue weighted by Crippen LogP contribution is 2.39. The number of rotatable bonds is 6. The highest BCUT2D eigenvalue weighted by Gasteiger charge is 2.26. The van der Waals surface area contributed by atoms with Crippen LogP contribution in [0.15, 0.2) is 34.9 Å². The van der Waals surface area contributed by atoms with Crippen molar-refractivity contribution in [1.82, 2.24) is 20.3 Å². The molecule has 1 aliphatic heterocycles.